The van der Waals surface area contributed by atoms with Gasteiger partial charge in [0.25, 0.3) is 0 Å². The van der Waals surface area contributed by atoms with Crippen LogP contribution >= 0.6 is 22.9 Å². The Morgan fingerprint density at radius 2 is 2.11 bits per heavy atom. The Bertz CT molecular complexity index is 942. The fourth-order valence-electron chi connectivity index (χ4n) is 2.44. The van der Waals surface area contributed by atoms with Gasteiger partial charge in [-0.15, -0.1) is 11.3 Å². The molecule has 0 saturated heterocycles. The van der Waals surface area contributed by atoms with Crippen LogP contribution < -0.4 is 15.8 Å². The van der Waals surface area contributed by atoms with Gasteiger partial charge in [0.05, 0.1) is 12.3 Å². The zero-order valence-electron chi connectivity index (χ0n) is 14.9. The van der Waals surface area contributed by atoms with Gasteiger partial charge in [-0.05, 0) is 42.5 Å². The highest BCUT2D eigenvalue weighted by atomic mass is 35.5. The molecule has 7 heteroatoms. The fraction of sp³-hybridized carbons (Fsp3) is 0.150. The highest BCUT2D eigenvalue weighted by molar-refractivity contribution is 7.13. The van der Waals surface area contributed by atoms with Gasteiger partial charge in [0.1, 0.15) is 11.6 Å². The van der Waals surface area contributed by atoms with Crippen molar-refractivity contribution >= 4 is 34.5 Å². The number of nitrogens with zero attached hydrogens (tertiary/aromatic N) is 1. The van der Waals surface area contributed by atoms with E-state index < -0.39 is 0 Å². The van der Waals surface area contributed by atoms with Crippen LogP contribution in [0.1, 0.15) is 16.1 Å². The molecule has 0 radical (unpaired) electrons. The van der Waals surface area contributed by atoms with E-state index in [1.165, 1.54) is 0 Å². The van der Waals surface area contributed by atoms with E-state index in [0.29, 0.717) is 29.7 Å². The second-order valence-corrected chi connectivity index (χ2v) is 7.35. The van der Waals surface area contributed by atoms with Crippen LogP contribution in [0.15, 0.2) is 55.1 Å². The van der Waals surface area contributed by atoms with Crippen LogP contribution in [0.4, 0.5) is 5.82 Å². The van der Waals surface area contributed by atoms with Gasteiger partial charge in [-0.3, -0.25) is 0 Å². The topological polar surface area (TPSA) is 69.4 Å². The van der Waals surface area contributed by atoms with Crippen LogP contribution in [0.25, 0.3) is 5.70 Å². The van der Waals surface area contributed by atoms with Gasteiger partial charge in [0.15, 0.2) is 5.06 Å². The van der Waals surface area contributed by atoms with E-state index in [2.05, 4.69) is 16.9 Å². The van der Waals surface area contributed by atoms with Crippen molar-refractivity contribution in [2.24, 2.45) is 0 Å². The Morgan fingerprint density at radius 3 is 2.85 bits per heavy atom. The maximum absolute atomic E-state index is 6.03. The number of hydrogen-bond donors (Lipinski definition) is 2. The Kier molecular flexibility index (Phi) is 6.34. The van der Waals surface area contributed by atoms with Crippen molar-refractivity contribution in [3.05, 3.63) is 76.3 Å². The van der Waals surface area contributed by atoms with E-state index in [9.17, 15) is 0 Å². The van der Waals surface area contributed by atoms with Crippen molar-refractivity contribution in [3.8, 4) is 10.8 Å². The minimum absolute atomic E-state index is 0.426. The predicted molar refractivity (Wildman–Crippen MR) is 111 cm³/mol. The minimum atomic E-state index is 0.426. The van der Waals surface area contributed by atoms with Crippen molar-refractivity contribution < 1.29 is 9.47 Å². The number of nitrogens with two attached hydrogens (primary N) is 1. The lowest BCUT2D eigenvalue weighted by molar-refractivity contribution is 0.181. The van der Waals surface area contributed by atoms with Crippen molar-refractivity contribution in [1.82, 2.24) is 10.3 Å². The van der Waals surface area contributed by atoms with Crippen LogP contribution in [-0.4, -0.2) is 12.1 Å². The molecule has 1 aromatic carbocycles. The van der Waals surface area contributed by atoms with E-state index in [0.717, 1.165) is 26.9 Å². The Morgan fingerprint density at radius 1 is 1.26 bits per heavy atom. The molecule has 2 heterocycles. The summed E-state index contributed by atoms with van der Waals surface area (Å²) in [6, 6.07) is 15.0. The first-order chi connectivity index (χ1) is 13.0. The van der Waals surface area contributed by atoms with Gasteiger partial charge < -0.3 is 20.5 Å². The first kappa shape index (κ1) is 19.2. The molecular formula is C20H20ClN3O2S. The quantitative estimate of drug-likeness (QED) is 0.551. The summed E-state index contributed by atoms with van der Waals surface area (Å²) in [5, 5.41) is 4.72. The number of ether oxygens (including phenoxy) is 2. The number of hydrogen-bond acceptors (Lipinski definition) is 6. The number of rotatable bonds is 8. The number of thiophene rings is 1. The third-order valence-electron chi connectivity index (χ3n) is 3.73. The number of methoxy groups -OCH3 is 1. The highest BCUT2D eigenvalue weighted by Gasteiger charge is 2.08. The van der Waals surface area contributed by atoms with Crippen molar-refractivity contribution in [1.29, 1.82) is 0 Å². The van der Waals surface area contributed by atoms with Gasteiger partial charge in [0, 0.05) is 34.8 Å². The number of nitrogen functional groups attached to an aromatic ring is 1. The van der Waals surface area contributed by atoms with Crippen LogP contribution in [0, 0.1) is 0 Å². The SMILES string of the molecule is C=C(NCc1ccc(Oc2cccc(Cl)c2)s1)c1ccc(COC)nc1N. The zero-order chi connectivity index (χ0) is 19.2. The van der Waals surface area contributed by atoms with Crippen LogP contribution in [0.2, 0.25) is 5.02 Å². The van der Waals surface area contributed by atoms with Gasteiger partial charge in [0.2, 0.25) is 0 Å². The monoisotopic (exact) mass is 401 g/mol. The maximum atomic E-state index is 6.03. The standard InChI is InChI=1S/C20H20ClN3O2S/c1-13(18-8-6-15(12-25-2)24-20(18)22)23-11-17-7-9-19(27-17)26-16-5-3-4-14(21)10-16/h3-10,23H,1,11-12H2,2H3,(H2,22,24). The van der Waals surface area contributed by atoms with Crippen molar-refractivity contribution in [3.63, 3.8) is 0 Å². The number of nitrogens with one attached hydrogen (secondary N) is 1. The molecule has 0 aliphatic carbocycles. The van der Waals surface area contributed by atoms with Crippen molar-refractivity contribution in [2.45, 2.75) is 13.2 Å². The fourth-order valence-corrected chi connectivity index (χ4v) is 3.44. The number of aromatic nitrogens is 1. The largest absolute Gasteiger partial charge is 0.447 e. The number of pyridine rings is 1. The third-order valence-corrected chi connectivity index (χ3v) is 4.93. The predicted octanol–water partition coefficient (Wildman–Crippen LogP) is 5.08. The molecule has 2 aromatic heterocycles. The summed E-state index contributed by atoms with van der Waals surface area (Å²) in [5.41, 5.74) is 8.31. The van der Waals surface area contributed by atoms with E-state index in [4.69, 9.17) is 26.8 Å². The molecule has 0 fully saturated rings. The summed E-state index contributed by atoms with van der Waals surface area (Å²) in [6.45, 7) is 5.10. The molecule has 3 aromatic rings. The van der Waals surface area contributed by atoms with Gasteiger partial charge in [-0.2, -0.15) is 0 Å². The number of anilines is 1. The number of halogens is 1. The lowest BCUT2D eigenvalue weighted by Crippen LogP contribution is -2.12. The molecule has 0 unspecified atom stereocenters. The van der Waals surface area contributed by atoms with E-state index in [1.54, 1.807) is 24.5 Å². The molecule has 0 saturated carbocycles. The first-order valence-electron chi connectivity index (χ1n) is 8.25. The zero-order valence-corrected chi connectivity index (χ0v) is 16.4. The summed E-state index contributed by atoms with van der Waals surface area (Å²) >= 11 is 7.53. The second-order valence-electron chi connectivity index (χ2n) is 5.78. The molecule has 140 valence electrons. The summed E-state index contributed by atoms with van der Waals surface area (Å²) in [4.78, 5) is 5.43. The molecule has 0 amide bonds. The molecule has 27 heavy (non-hydrogen) atoms. The molecule has 0 spiro atoms. The molecule has 0 aliphatic rings. The summed E-state index contributed by atoms with van der Waals surface area (Å²) in [5.74, 6) is 1.14. The summed E-state index contributed by atoms with van der Waals surface area (Å²) in [7, 11) is 1.62. The molecule has 0 bridgehead atoms. The van der Waals surface area contributed by atoms with Crippen LogP contribution in [0.3, 0.4) is 0 Å². The smallest absolute Gasteiger partial charge is 0.181 e. The second kappa shape index (κ2) is 8.90. The van der Waals surface area contributed by atoms with Crippen LogP contribution in [-0.2, 0) is 17.9 Å². The van der Waals surface area contributed by atoms with Gasteiger partial charge >= 0.3 is 0 Å². The van der Waals surface area contributed by atoms with E-state index in [-0.39, 0.29) is 0 Å². The molecule has 0 aliphatic heterocycles. The Labute approximate surface area is 167 Å². The van der Waals surface area contributed by atoms with Crippen molar-refractivity contribution in [2.75, 3.05) is 12.8 Å². The maximum Gasteiger partial charge on any atom is 0.181 e. The third kappa shape index (κ3) is 5.23. The van der Waals surface area contributed by atoms with Gasteiger partial charge in [-0.25, -0.2) is 4.98 Å². The highest BCUT2D eigenvalue weighted by Crippen LogP contribution is 2.31. The average molecular weight is 402 g/mol. The Balaban J connectivity index is 1.59. The molecule has 3 N–H and O–H groups in total. The lowest BCUT2D eigenvalue weighted by atomic mass is 10.2. The molecule has 0 atom stereocenters. The lowest BCUT2D eigenvalue weighted by Gasteiger charge is -2.11. The van der Waals surface area contributed by atoms with Crippen LogP contribution in [0.5, 0.6) is 10.8 Å². The average Bonchev–Trinajstić information content (AvgIpc) is 3.07. The first-order valence-corrected chi connectivity index (χ1v) is 9.44. The molecule has 3 rings (SSSR count). The van der Waals surface area contributed by atoms with E-state index in [1.807, 2.05) is 42.5 Å². The normalized spacial score (nSPS) is 10.6. The van der Waals surface area contributed by atoms with Gasteiger partial charge in [-0.1, -0.05) is 24.2 Å². The molecule has 5 nitrogen and oxygen atoms in total. The Hall–Kier alpha value is -2.54. The summed E-state index contributed by atoms with van der Waals surface area (Å²) < 4.78 is 10.9. The number of benzene rings is 1. The minimum Gasteiger partial charge on any atom is -0.447 e. The summed E-state index contributed by atoms with van der Waals surface area (Å²) in [6.07, 6.45) is 0. The van der Waals surface area contributed by atoms with E-state index >= 15 is 0 Å². The molecular weight excluding hydrogens is 382 g/mol.